The molecule has 1 aromatic heterocycles. The van der Waals surface area contributed by atoms with Crippen molar-refractivity contribution in [2.24, 2.45) is 17.6 Å². The number of hydrogen-bond donors (Lipinski definition) is 1. The van der Waals surface area contributed by atoms with Crippen LogP contribution in [-0.2, 0) is 12.0 Å². The Morgan fingerprint density at radius 2 is 2.21 bits per heavy atom. The van der Waals surface area contributed by atoms with Gasteiger partial charge in [0.2, 0.25) is 0 Å². The molecule has 1 aliphatic rings. The summed E-state index contributed by atoms with van der Waals surface area (Å²) in [5.41, 5.74) is 7.83. The molecule has 0 aromatic carbocycles. The van der Waals surface area contributed by atoms with Gasteiger partial charge in [0, 0.05) is 4.88 Å². The molecular weight excluding hydrogens is 252 g/mol. The average molecular weight is 280 g/mol. The average Bonchev–Trinajstić information content (AvgIpc) is 2.70. The quantitative estimate of drug-likeness (QED) is 0.887. The normalized spacial score (nSPS) is 28.0. The van der Waals surface area contributed by atoms with Crippen molar-refractivity contribution in [3.8, 4) is 0 Å². The molecule has 1 heterocycles. The minimum atomic E-state index is -0.152. The maximum Gasteiger partial charge on any atom is 0.113 e. The SMILES string of the molecule is CCc1nc(C2(N)CCCC(CC(C)C)C2)sc1C. The van der Waals surface area contributed by atoms with Gasteiger partial charge in [-0.2, -0.15) is 0 Å². The molecule has 108 valence electrons. The van der Waals surface area contributed by atoms with E-state index in [4.69, 9.17) is 10.7 Å². The summed E-state index contributed by atoms with van der Waals surface area (Å²) >= 11 is 1.83. The van der Waals surface area contributed by atoms with Gasteiger partial charge in [0.05, 0.1) is 11.2 Å². The van der Waals surface area contributed by atoms with Crippen LogP contribution in [0.1, 0.15) is 68.5 Å². The highest BCUT2D eigenvalue weighted by atomic mass is 32.1. The minimum Gasteiger partial charge on any atom is -0.319 e. The van der Waals surface area contributed by atoms with Gasteiger partial charge in [0.1, 0.15) is 5.01 Å². The van der Waals surface area contributed by atoms with E-state index in [1.165, 1.54) is 34.8 Å². The van der Waals surface area contributed by atoms with Gasteiger partial charge in [-0.15, -0.1) is 11.3 Å². The Bertz CT molecular complexity index is 424. The van der Waals surface area contributed by atoms with E-state index >= 15 is 0 Å². The Morgan fingerprint density at radius 1 is 1.47 bits per heavy atom. The lowest BCUT2D eigenvalue weighted by molar-refractivity contribution is 0.202. The molecule has 2 unspecified atom stereocenters. The van der Waals surface area contributed by atoms with E-state index in [1.54, 1.807) is 0 Å². The number of hydrogen-bond acceptors (Lipinski definition) is 3. The van der Waals surface area contributed by atoms with Gasteiger partial charge < -0.3 is 5.73 Å². The fourth-order valence-electron chi connectivity index (χ4n) is 3.46. The van der Waals surface area contributed by atoms with Crippen LogP contribution in [0.4, 0.5) is 0 Å². The molecule has 0 aliphatic heterocycles. The van der Waals surface area contributed by atoms with Crippen molar-refractivity contribution < 1.29 is 0 Å². The van der Waals surface area contributed by atoms with E-state index in [9.17, 15) is 0 Å². The molecule has 0 spiro atoms. The van der Waals surface area contributed by atoms with Gasteiger partial charge >= 0.3 is 0 Å². The topological polar surface area (TPSA) is 38.9 Å². The summed E-state index contributed by atoms with van der Waals surface area (Å²) in [6, 6.07) is 0. The summed E-state index contributed by atoms with van der Waals surface area (Å²) in [4.78, 5) is 6.19. The summed E-state index contributed by atoms with van der Waals surface area (Å²) < 4.78 is 0. The zero-order valence-corrected chi connectivity index (χ0v) is 13.6. The molecular formula is C16H28N2S. The molecule has 1 fully saturated rings. The third-order valence-corrected chi connectivity index (χ3v) is 5.58. The number of aryl methyl sites for hydroxylation is 2. The Morgan fingerprint density at radius 3 is 2.79 bits per heavy atom. The highest BCUT2D eigenvalue weighted by Crippen LogP contribution is 2.42. The van der Waals surface area contributed by atoms with Crippen LogP contribution >= 0.6 is 11.3 Å². The summed E-state index contributed by atoms with van der Waals surface area (Å²) in [5.74, 6) is 1.56. The van der Waals surface area contributed by atoms with Crippen LogP contribution in [0, 0.1) is 18.8 Å². The van der Waals surface area contributed by atoms with Gasteiger partial charge in [-0.1, -0.05) is 33.6 Å². The number of thiazole rings is 1. The molecule has 19 heavy (non-hydrogen) atoms. The molecule has 0 saturated heterocycles. The van der Waals surface area contributed by atoms with Crippen molar-refractivity contribution in [1.29, 1.82) is 0 Å². The van der Waals surface area contributed by atoms with Crippen LogP contribution in [0.2, 0.25) is 0 Å². The molecule has 0 radical (unpaired) electrons. The first-order chi connectivity index (χ1) is 8.94. The zero-order chi connectivity index (χ0) is 14.0. The van der Waals surface area contributed by atoms with E-state index in [0.29, 0.717) is 0 Å². The molecule has 3 heteroatoms. The molecule has 1 aromatic rings. The molecule has 1 aliphatic carbocycles. The van der Waals surface area contributed by atoms with Gasteiger partial charge in [-0.3, -0.25) is 0 Å². The Balaban J connectivity index is 2.16. The van der Waals surface area contributed by atoms with Crippen molar-refractivity contribution in [3.63, 3.8) is 0 Å². The van der Waals surface area contributed by atoms with E-state index in [1.807, 2.05) is 11.3 Å². The standard InChI is InChI=1S/C16H28N2S/c1-5-14-12(4)19-15(18-14)16(17)8-6-7-13(10-16)9-11(2)3/h11,13H,5-10,17H2,1-4H3. The Labute approximate surface area is 121 Å². The van der Waals surface area contributed by atoms with E-state index in [0.717, 1.165) is 31.1 Å². The first-order valence-electron chi connectivity index (χ1n) is 7.70. The lowest BCUT2D eigenvalue weighted by Crippen LogP contribution is -2.41. The predicted molar refractivity (Wildman–Crippen MR) is 83.5 cm³/mol. The first-order valence-corrected chi connectivity index (χ1v) is 8.52. The second-order valence-corrected chi connectivity index (χ2v) is 7.83. The summed E-state index contributed by atoms with van der Waals surface area (Å²) in [6.45, 7) is 8.99. The van der Waals surface area contributed by atoms with Crippen molar-refractivity contribution in [1.82, 2.24) is 4.98 Å². The maximum absolute atomic E-state index is 6.73. The fraction of sp³-hybridized carbons (Fsp3) is 0.812. The molecule has 2 rings (SSSR count). The van der Waals surface area contributed by atoms with E-state index in [-0.39, 0.29) is 5.54 Å². The number of aromatic nitrogens is 1. The van der Waals surface area contributed by atoms with Gasteiger partial charge in [-0.25, -0.2) is 4.98 Å². The second-order valence-electron chi connectivity index (χ2n) is 6.62. The van der Waals surface area contributed by atoms with Crippen LogP contribution in [-0.4, -0.2) is 4.98 Å². The van der Waals surface area contributed by atoms with Crippen LogP contribution in [0.15, 0.2) is 0 Å². The van der Waals surface area contributed by atoms with E-state index in [2.05, 4.69) is 27.7 Å². The Hall–Kier alpha value is -0.410. The molecule has 2 N–H and O–H groups in total. The zero-order valence-electron chi connectivity index (χ0n) is 12.8. The molecule has 0 amide bonds. The monoisotopic (exact) mass is 280 g/mol. The van der Waals surface area contributed by atoms with Crippen LogP contribution < -0.4 is 5.73 Å². The minimum absolute atomic E-state index is 0.152. The maximum atomic E-state index is 6.73. The third-order valence-electron chi connectivity index (χ3n) is 4.35. The van der Waals surface area contributed by atoms with Crippen LogP contribution in [0.3, 0.4) is 0 Å². The summed E-state index contributed by atoms with van der Waals surface area (Å²) in [5, 5.41) is 1.19. The highest BCUT2D eigenvalue weighted by Gasteiger charge is 2.37. The second kappa shape index (κ2) is 5.92. The van der Waals surface area contributed by atoms with Crippen molar-refractivity contribution in [3.05, 3.63) is 15.6 Å². The fourth-order valence-corrected chi connectivity index (χ4v) is 4.60. The molecule has 2 nitrogen and oxygen atoms in total. The first kappa shape index (κ1) is 15.0. The number of nitrogens with zero attached hydrogens (tertiary/aromatic N) is 1. The van der Waals surface area contributed by atoms with Crippen molar-refractivity contribution in [2.75, 3.05) is 0 Å². The third kappa shape index (κ3) is 3.38. The highest BCUT2D eigenvalue weighted by molar-refractivity contribution is 7.11. The van der Waals surface area contributed by atoms with Crippen LogP contribution in [0.5, 0.6) is 0 Å². The Kier molecular flexibility index (Phi) is 4.67. The lowest BCUT2D eigenvalue weighted by atomic mass is 9.74. The smallest absolute Gasteiger partial charge is 0.113 e. The van der Waals surface area contributed by atoms with Crippen LogP contribution in [0.25, 0.3) is 0 Å². The molecule has 0 bridgehead atoms. The predicted octanol–water partition coefficient (Wildman–Crippen LogP) is 4.40. The van der Waals surface area contributed by atoms with E-state index < -0.39 is 0 Å². The largest absolute Gasteiger partial charge is 0.319 e. The van der Waals surface area contributed by atoms with Crippen molar-refractivity contribution in [2.45, 2.75) is 71.8 Å². The molecule has 2 atom stereocenters. The van der Waals surface area contributed by atoms with Gasteiger partial charge in [-0.05, 0) is 44.4 Å². The van der Waals surface area contributed by atoms with Gasteiger partial charge in [0.15, 0.2) is 0 Å². The molecule has 1 saturated carbocycles. The van der Waals surface area contributed by atoms with Crippen molar-refractivity contribution >= 4 is 11.3 Å². The number of nitrogens with two attached hydrogens (primary N) is 1. The number of rotatable bonds is 4. The van der Waals surface area contributed by atoms with Gasteiger partial charge in [0.25, 0.3) is 0 Å². The summed E-state index contributed by atoms with van der Waals surface area (Å²) in [6.07, 6.45) is 7.17. The summed E-state index contributed by atoms with van der Waals surface area (Å²) in [7, 11) is 0. The lowest BCUT2D eigenvalue weighted by Gasteiger charge is -2.37.